The van der Waals surface area contributed by atoms with Crippen LogP contribution in [0, 0.1) is 0 Å². The van der Waals surface area contributed by atoms with Gasteiger partial charge in [-0.25, -0.2) is 4.68 Å². The SMILES string of the molecule is CNCc1cn(CC2(O)CCCCC2)nn1. The predicted molar refractivity (Wildman–Crippen MR) is 60.8 cm³/mol. The van der Waals surface area contributed by atoms with Gasteiger partial charge < -0.3 is 10.4 Å². The molecule has 1 heterocycles. The monoisotopic (exact) mass is 224 g/mol. The summed E-state index contributed by atoms with van der Waals surface area (Å²) >= 11 is 0. The van der Waals surface area contributed by atoms with E-state index in [9.17, 15) is 5.11 Å². The molecule has 90 valence electrons. The Morgan fingerprint density at radius 3 is 2.88 bits per heavy atom. The van der Waals surface area contributed by atoms with Crippen LogP contribution in [0.25, 0.3) is 0 Å². The lowest BCUT2D eigenvalue weighted by Crippen LogP contribution is -2.36. The average molecular weight is 224 g/mol. The molecule has 1 aliphatic carbocycles. The second-order valence-electron chi connectivity index (χ2n) is 4.72. The van der Waals surface area contributed by atoms with Crippen LogP contribution in [-0.4, -0.2) is 32.7 Å². The highest BCUT2D eigenvalue weighted by Crippen LogP contribution is 2.29. The Balaban J connectivity index is 1.96. The average Bonchev–Trinajstić information content (AvgIpc) is 2.66. The molecule has 1 fully saturated rings. The van der Waals surface area contributed by atoms with Gasteiger partial charge in [-0.15, -0.1) is 5.10 Å². The van der Waals surface area contributed by atoms with Crippen molar-refractivity contribution >= 4 is 0 Å². The number of aromatic nitrogens is 3. The van der Waals surface area contributed by atoms with Crippen LogP contribution in [0.1, 0.15) is 37.8 Å². The van der Waals surface area contributed by atoms with Crippen molar-refractivity contribution in [3.05, 3.63) is 11.9 Å². The lowest BCUT2D eigenvalue weighted by molar-refractivity contribution is -0.0146. The molecular formula is C11H20N4O. The van der Waals surface area contributed by atoms with Gasteiger partial charge in [-0.05, 0) is 19.9 Å². The van der Waals surface area contributed by atoms with E-state index in [-0.39, 0.29) is 0 Å². The molecule has 0 unspecified atom stereocenters. The fourth-order valence-corrected chi connectivity index (χ4v) is 2.35. The largest absolute Gasteiger partial charge is 0.388 e. The van der Waals surface area contributed by atoms with E-state index >= 15 is 0 Å². The van der Waals surface area contributed by atoms with Crippen molar-refractivity contribution in [2.24, 2.45) is 0 Å². The number of rotatable bonds is 4. The molecule has 0 bridgehead atoms. The third kappa shape index (κ3) is 2.80. The van der Waals surface area contributed by atoms with Gasteiger partial charge in [0.1, 0.15) is 0 Å². The van der Waals surface area contributed by atoms with Gasteiger partial charge in [-0.1, -0.05) is 24.5 Å². The summed E-state index contributed by atoms with van der Waals surface area (Å²) in [6.45, 7) is 1.29. The maximum Gasteiger partial charge on any atom is 0.0964 e. The Labute approximate surface area is 95.8 Å². The van der Waals surface area contributed by atoms with Gasteiger partial charge in [0.05, 0.1) is 17.8 Å². The summed E-state index contributed by atoms with van der Waals surface area (Å²) in [6.07, 6.45) is 7.15. The zero-order chi connectivity index (χ0) is 11.4. The molecule has 0 saturated heterocycles. The highest BCUT2D eigenvalue weighted by Gasteiger charge is 2.29. The van der Waals surface area contributed by atoms with Gasteiger partial charge >= 0.3 is 0 Å². The van der Waals surface area contributed by atoms with E-state index in [0.717, 1.165) is 37.9 Å². The Bertz CT molecular complexity index is 330. The molecule has 1 aromatic rings. The van der Waals surface area contributed by atoms with Crippen molar-refractivity contribution in [2.75, 3.05) is 7.05 Å². The normalized spacial score (nSPS) is 19.9. The Hall–Kier alpha value is -0.940. The predicted octanol–water partition coefficient (Wildman–Crippen LogP) is 0.693. The molecule has 16 heavy (non-hydrogen) atoms. The van der Waals surface area contributed by atoms with Crippen LogP contribution >= 0.6 is 0 Å². The molecule has 0 amide bonds. The summed E-state index contributed by atoms with van der Waals surface area (Å²) in [5, 5.41) is 21.5. The minimum Gasteiger partial charge on any atom is -0.388 e. The van der Waals surface area contributed by atoms with Gasteiger partial charge in [0.25, 0.3) is 0 Å². The third-order valence-electron chi connectivity index (χ3n) is 3.18. The number of hydrogen-bond donors (Lipinski definition) is 2. The van der Waals surface area contributed by atoms with Crippen molar-refractivity contribution < 1.29 is 5.11 Å². The Morgan fingerprint density at radius 1 is 1.44 bits per heavy atom. The van der Waals surface area contributed by atoms with E-state index in [4.69, 9.17) is 0 Å². The summed E-state index contributed by atoms with van der Waals surface area (Å²) < 4.78 is 1.76. The Kier molecular flexibility index (Phi) is 3.56. The third-order valence-corrected chi connectivity index (χ3v) is 3.18. The molecule has 5 nitrogen and oxygen atoms in total. The van der Waals surface area contributed by atoms with Crippen LogP contribution < -0.4 is 5.32 Å². The maximum absolute atomic E-state index is 10.4. The lowest BCUT2D eigenvalue weighted by atomic mass is 9.85. The summed E-state index contributed by atoms with van der Waals surface area (Å²) in [5.41, 5.74) is 0.352. The lowest BCUT2D eigenvalue weighted by Gasteiger charge is -2.31. The molecular weight excluding hydrogens is 204 g/mol. The van der Waals surface area contributed by atoms with Gasteiger partial charge in [0.15, 0.2) is 0 Å². The van der Waals surface area contributed by atoms with E-state index in [2.05, 4.69) is 15.6 Å². The first-order chi connectivity index (χ1) is 7.72. The summed E-state index contributed by atoms with van der Waals surface area (Å²) in [6, 6.07) is 0. The Morgan fingerprint density at radius 2 is 2.19 bits per heavy atom. The molecule has 5 heteroatoms. The van der Waals surface area contributed by atoms with Gasteiger partial charge in [0.2, 0.25) is 0 Å². The molecule has 1 aromatic heterocycles. The van der Waals surface area contributed by atoms with Gasteiger partial charge in [0, 0.05) is 12.7 Å². The van der Waals surface area contributed by atoms with Crippen LogP contribution in [-0.2, 0) is 13.1 Å². The number of aliphatic hydroxyl groups is 1. The standard InChI is InChI=1S/C11H20N4O/c1-12-7-10-8-15(14-13-10)9-11(16)5-3-2-4-6-11/h8,12,16H,2-7,9H2,1H3. The molecule has 0 aliphatic heterocycles. The fourth-order valence-electron chi connectivity index (χ4n) is 2.35. The van der Waals surface area contributed by atoms with E-state index in [0.29, 0.717) is 6.54 Å². The second kappa shape index (κ2) is 4.93. The van der Waals surface area contributed by atoms with Gasteiger partial charge in [-0.3, -0.25) is 0 Å². The number of hydrogen-bond acceptors (Lipinski definition) is 4. The van der Waals surface area contributed by atoms with Crippen LogP contribution in [0.4, 0.5) is 0 Å². The quantitative estimate of drug-likeness (QED) is 0.790. The molecule has 0 atom stereocenters. The minimum atomic E-state index is -0.567. The zero-order valence-corrected chi connectivity index (χ0v) is 9.82. The highest BCUT2D eigenvalue weighted by atomic mass is 16.3. The molecule has 1 saturated carbocycles. The van der Waals surface area contributed by atoms with Crippen molar-refractivity contribution in [3.8, 4) is 0 Å². The van der Waals surface area contributed by atoms with E-state index < -0.39 is 5.60 Å². The molecule has 2 rings (SSSR count). The van der Waals surface area contributed by atoms with Crippen LogP contribution in [0.5, 0.6) is 0 Å². The number of nitrogens with one attached hydrogen (secondary N) is 1. The van der Waals surface area contributed by atoms with Crippen molar-refractivity contribution in [1.29, 1.82) is 0 Å². The van der Waals surface area contributed by atoms with Crippen LogP contribution in [0.15, 0.2) is 6.20 Å². The zero-order valence-electron chi connectivity index (χ0n) is 9.82. The first-order valence-electron chi connectivity index (χ1n) is 5.98. The van der Waals surface area contributed by atoms with E-state index in [1.165, 1.54) is 6.42 Å². The highest BCUT2D eigenvalue weighted by molar-refractivity contribution is 4.93. The molecule has 2 N–H and O–H groups in total. The topological polar surface area (TPSA) is 63.0 Å². The fraction of sp³-hybridized carbons (Fsp3) is 0.818. The minimum absolute atomic E-state index is 0.567. The molecule has 0 spiro atoms. The van der Waals surface area contributed by atoms with Gasteiger partial charge in [-0.2, -0.15) is 0 Å². The molecule has 0 radical (unpaired) electrons. The van der Waals surface area contributed by atoms with E-state index in [1.807, 2.05) is 13.2 Å². The van der Waals surface area contributed by atoms with Crippen molar-refractivity contribution in [3.63, 3.8) is 0 Å². The molecule has 0 aromatic carbocycles. The molecule has 1 aliphatic rings. The van der Waals surface area contributed by atoms with Crippen LogP contribution in [0.2, 0.25) is 0 Å². The van der Waals surface area contributed by atoms with E-state index in [1.54, 1.807) is 4.68 Å². The van der Waals surface area contributed by atoms with Crippen molar-refractivity contribution in [2.45, 2.75) is 50.8 Å². The maximum atomic E-state index is 10.4. The van der Waals surface area contributed by atoms with Crippen LogP contribution in [0.3, 0.4) is 0 Å². The summed E-state index contributed by atoms with van der Waals surface area (Å²) in [5.74, 6) is 0. The van der Waals surface area contributed by atoms with Crippen molar-refractivity contribution in [1.82, 2.24) is 20.3 Å². The summed E-state index contributed by atoms with van der Waals surface area (Å²) in [4.78, 5) is 0. The number of nitrogens with zero attached hydrogens (tertiary/aromatic N) is 3. The second-order valence-corrected chi connectivity index (χ2v) is 4.72. The summed E-state index contributed by atoms with van der Waals surface area (Å²) in [7, 11) is 1.88. The first-order valence-corrected chi connectivity index (χ1v) is 5.98. The smallest absolute Gasteiger partial charge is 0.0964 e. The first kappa shape index (κ1) is 11.5.